The molecular weight excluding hydrogens is 863 g/mol. The molecule has 3 aromatic carbocycles. The van der Waals surface area contributed by atoms with Crippen LogP contribution >= 0.6 is 0 Å². The molecule has 346 valence electrons. The number of hydrogen-bond donors (Lipinski definition) is 1. The first-order valence-corrected chi connectivity index (χ1v) is 22.7. The van der Waals surface area contributed by atoms with Crippen molar-refractivity contribution in [3.05, 3.63) is 140 Å². The van der Waals surface area contributed by atoms with Gasteiger partial charge in [0.05, 0.1) is 59.0 Å². The van der Waals surface area contributed by atoms with Gasteiger partial charge in [-0.1, -0.05) is 18.1 Å². The second-order valence-corrected chi connectivity index (χ2v) is 18.9. The highest BCUT2D eigenvalue weighted by molar-refractivity contribution is 6.00. The van der Waals surface area contributed by atoms with E-state index in [0.717, 1.165) is 29.3 Å². The zero-order valence-corrected chi connectivity index (χ0v) is 38.0. The average molecular weight is 913 g/mol. The molecule has 1 unspecified atom stereocenters. The van der Waals surface area contributed by atoms with Crippen LogP contribution in [0.3, 0.4) is 0 Å². The number of aromatic nitrogens is 9. The Morgan fingerprint density at radius 3 is 2.52 bits per heavy atom. The lowest BCUT2D eigenvalue weighted by Gasteiger charge is -2.35. The van der Waals surface area contributed by atoms with Crippen LogP contribution in [0.1, 0.15) is 97.6 Å². The molecule has 4 atom stereocenters. The zero-order valence-electron chi connectivity index (χ0n) is 38.0. The molecule has 11 rings (SSSR count). The van der Waals surface area contributed by atoms with Crippen molar-refractivity contribution in [1.82, 2.24) is 48.3 Å². The summed E-state index contributed by atoms with van der Waals surface area (Å²) >= 11 is 0. The van der Waals surface area contributed by atoms with E-state index in [9.17, 15) is 14.0 Å². The number of imidazole rings is 1. The topological polar surface area (TPSA) is 165 Å². The SMILES string of the molecule is COCCn1ncc2c(F)c(-n3ccn(-c4c5c(nn4-c4ccc(F)c(C)c4)CCN(C(=O)c4cc6cc(C7CCOC(C)(C)C7)ccc6n4[C@@]4(c6noc(=O)[nH]6)C[C@@H]4C)[C@H]5C)c3=O)ccc21. The minimum absolute atomic E-state index is 0.00551. The number of benzene rings is 3. The molecule has 3 aliphatic rings. The number of halogens is 2. The predicted molar refractivity (Wildman–Crippen MR) is 243 cm³/mol. The molecule has 2 fully saturated rings. The maximum Gasteiger partial charge on any atom is 0.438 e. The van der Waals surface area contributed by atoms with Crippen LogP contribution in [0.2, 0.25) is 0 Å². The van der Waals surface area contributed by atoms with E-state index >= 15 is 9.18 Å². The Kier molecular flexibility index (Phi) is 9.93. The highest BCUT2D eigenvalue weighted by Gasteiger charge is 2.59. The molecule has 2 aliphatic heterocycles. The van der Waals surface area contributed by atoms with Crippen LogP contribution in [-0.4, -0.2) is 86.7 Å². The number of H-pyrrole nitrogens is 1. The number of aryl methyl sites for hydroxylation is 1. The Bertz CT molecular complexity index is 3410. The maximum absolute atomic E-state index is 16.4. The van der Waals surface area contributed by atoms with Gasteiger partial charge in [-0.05, 0) is 118 Å². The maximum atomic E-state index is 16.4. The van der Waals surface area contributed by atoms with Gasteiger partial charge >= 0.3 is 11.4 Å². The molecule has 1 saturated carbocycles. The van der Waals surface area contributed by atoms with Gasteiger partial charge in [0.1, 0.15) is 22.9 Å². The van der Waals surface area contributed by atoms with Crippen LogP contribution in [0.25, 0.3) is 39.0 Å². The van der Waals surface area contributed by atoms with E-state index in [4.69, 9.17) is 19.1 Å². The molecule has 5 aromatic heterocycles. The fourth-order valence-electron chi connectivity index (χ4n) is 10.8. The number of hydrogen-bond acceptors (Lipinski definition) is 9. The molecular formula is C49H50F2N10O6. The summed E-state index contributed by atoms with van der Waals surface area (Å²) in [5, 5.41) is 14.7. The molecule has 1 amide bonds. The summed E-state index contributed by atoms with van der Waals surface area (Å²) < 4.78 is 55.3. The summed E-state index contributed by atoms with van der Waals surface area (Å²) in [7, 11) is 1.58. The Morgan fingerprint density at radius 1 is 1.00 bits per heavy atom. The molecule has 7 heterocycles. The number of rotatable bonds is 10. The summed E-state index contributed by atoms with van der Waals surface area (Å²) in [5.74, 6) is -1.03. The van der Waals surface area contributed by atoms with Crippen molar-refractivity contribution < 1.29 is 27.6 Å². The highest BCUT2D eigenvalue weighted by Crippen LogP contribution is 2.56. The smallest absolute Gasteiger partial charge is 0.383 e. The van der Waals surface area contributed by atoms with Crippen molar-refractivity contribution in [1.29, 1.82) is 0 Å². The Morgan fingerprint density at radius 2 is 1.79 bits per heavy atom. The molecule has 0 spiro atoms. The van der Waals surface area contributed by atoms with Gasteiger partial charge in [-0.15, -0.1) is 0 Å². The van der Waals surface area contributed by atoms with Crippen molar-refractivity contribution in [3.63, 3.8) is 0 Å². The van der Waals surface area contributed by atoms with Gasteiger partial charge < -0.3 is 18.9 Å². The van der Waals surface area contributed by atoms with Gasteiger partial charge in [0.25, 0.3) is 5.91 Å². The van der Waals surface area contributed by atoms with E-state index in [-0.39, 0.29) is 34.4 Å². The number of nitrogens with one attached hydrogen (secondary N) is 1. The largest absolute Gasteiger partial charge is 0.438 e. The minimum atomic E-state index is -0.862. The molecule has 1 saturated heterocycles. The Labute approximate surface area is 382 Å². The van der Waals surface area contributed by atoms with Gasteiger partial charge in [0.15, 0.2) is 11.6 Å². The molecule has 67 heavy (non-hydrogen) atoms. The number of nitrogens with zero attached hydrogens (tertiary/aromatic N) is 9. The minimum Gasteiger partial charge on any atom is -0.383 e. The normalized spacial score (nSPS) is 21.4. The Balaban J connectivity index is 1.04. The lowest BCUT2D eigenvalue weighted by Crippen LogP contribution is -2.41. The monoisotopic (exact) mass is 912 g/mol. The third-order valence-electron chi connectivity index (χ3n) is 14.3. The molecule has 1 N–H and O–H groups in total. The van der Waals surface area contributed by atoms with Gasteiger partial charge in [0, 0.05) is 55.5 Å². The summed E-state index contributed by atoms with van der Waals surface area (Å²) in [4.78, 5) is 47.3. The van der Waals surface area contributed by atoms with Crippen molar-refractivity contribution in [3.8, 4) is 17.2 Å². The highest BCUT2D eigenvalue weighted by atomic mass is 19.1. The van der Waals surface area contributed by atoms with Gasteiger partial charge in [-0.3, -0.25) is 28.1 Å². The third kappa shape index (κ3) is 6.73. The zero-order chi connectivity index (χ0) is 46.7. The third-order valence-corrected chi connectivity index (χ3v) is 14.3. The molecule has 8 aromatic rings. The van der Waals surface area contributed by atoms with Crippen molar-refractivity contribution in [2.45, 2.75) is 89.9 Å². The molecule has 0 bridgehead atoms. The number of carbonyl (C=O) groups is 1. The van der Waals surface area contributed by atoms with Gasteiger partial charge in [0.2, 0.25) is 0 Å². The Hall–Kier alpha value is -6.92. The van der Waals surface area contributed by atoms with E-state index < -0.39 is 34.7 Å². The molecule has 18 heteroatoms. The molecule has 0 radical (unpaired) electrons. The first-order valence-electron chi connectivity index (χ1n) is 22.7. The number of aromatic amines is 1. The second kappa shape index (κ2) is 15.6. The van der Waals surface area contributed by atoms with E-state index in [2.05, 4.69) is 54.2 Å². The van der Waals surface area contributed by atoms with E-state index in [1.807, 2.05) is 17.6 Å². The van der Waals surface area contributed by atoms with E-state index in [1.54, 1.807) is 58.8 Å². The number of methoxy groups -OCH3 is 1. The molecule has 16 nitrogen and oxygen atoms in total. The van der Waals surface area contributed by atoms with Crippen molar-refractivity contribution >= 4 is 27.7 Å². The first kappa shape index (κ1) is 42.7. The first-order chi connectivity index (χ1) is 32.2. The number of amides is 1. The second-order valence-electron chi connectivity index (χ2n) is 18.9. The van der Waals surface area contributed by atoms with Crippen LogP contribution in [0.15, 0.2) is 87.3 Å². The lowest BCUT2D eigenvalue weighted by molar-refractivity contribution is -0.0592. The predicted octanol–water partition coefficient (Wildman–Crippen LogP) is 7.24. The quantitative estimate of drug-likeness (QED) is 0.149. The average Bonchev–Trinajstić information content (AvgIpc) is 3.95. The van der Waals surface area contributed by atoms with Crippen molar-refractivity contribution in [2.24, 2.45) is 5.92 Å². The lowest BCUT2D eigenvalue weighted by atomic mass is 9.83. The summed E-state index contributed by atoms with van der Waals surface area (Å²) in [6, 6.07) is 15.5. The number of fused-ring (bicyclic) bond motifs is 3. The van der Waals surface area contributed by atoms with Crippen LogP contribution in [0.5, 0.6) is 0 Å². The van der Waals surface area contributed by atoms with Crippen LogP contribution in [0, 0.1) is 24.5 Å². The van der Waals surface area contributed by atoms with Crippen LogP contribution in [-0.2, 0) is 28.0 Å². The van der Waals surface area contributed by atoms with Crippen molar-refractivity contribution in [2.75, 3.05) is 26.9 Å². The number of ether oxygens (including phenoxy) is 2. The molecule has 1 aliphatic carbocycles. The number of carbonyl (C=O) groups excluding carboxylic acids is 1. The van der Waals surface area contributed by atoms with Gasteiger partial charge in [-0.25, -0.2) is 23.1 Å². The van der Waals surface area contributed by atoms with Crippen LogP contribution < -0.4 is 11.4 Å². The summed E-state index contributed by atoms with van der Waals surface area (Å²) in [6.45, 7) is 11.6. The summed E-state index contributed by atoms with van der Waals surface area (Å²) in [6.07, 6.45) is 7.15. The van der Waals surface area contributed by atoms with E-state index in [0.29, 0.717) is 84.5 Å². The van der Waals surface area contributed by atoms with Crippen LogP contribution in [0.4, 0.5) is 8.78 Å². The van der Waals surface area contributed by atoms with E-state index in [1.165, 1.54) is 27.6 Å². The standard InChI is InChI=1S/C49H50F2N10O6/c1-27-21-33(8-9-35(27)50)61-43(58-17-16-57(47(58)64)39-12-11-38-34(42(39)51)26-52-59(38)18-20-65-6)41-29(3)56(15-13-36(41)54-61)44(62)40-23-32-22-30(31-14-19-66-48(4,5)25-31)7-10-37(32)60(40)49(24-28(49)2)45-53-46(63)67-55-45/h7-12,16-17,21-23,26,28-29,31H,13-15,18-20,24-25H2,1-6H3,(H,53,55,63)/t28-,29-,31?,49-/m0/s1. The summed E-state index contributed by atoms with van der Waals surface area (Å²) in [5.41, 5.74) is 3.39. The van der Waals surface area contributed by atoms with Gasteiger partial charge in [-0.2, -0.15) is 10.2 Å². The fraction of sp³-hybridized carbons (Fsp3) is 0.388. The fourth-order valence-corrected chi connectivity index (χ4v) is 10.8.